The minimum Gasteiger partial charge on any atom is -0.361 e. The summed E-state index contributed by atoms with van der Waals surface area (Å²) in [5, 5.41) is 6.80. The third-order valence-electron chi connectivity index (χ3n) is 2.40. The molecule has 0 aromatic heterocycles. The topological polar surface area (TPSA) is 48.1 Å². The van der Waals surface area contributed by atoms with E-state index >= 15 is 0 Å². The second-order valence-electron chi connectivity index (χ2n) is 4.65. The molecule has 0 saturated carbocycles. The molecule has 0 amide bonds. The number of benzene rings is 1. The molecule has 110 valence electrons. The van der Waals surface area contributed by atoms with Crippen LogP contribution in [0, 0.1) is 11.7 Å². The lowest BCUT2D eigenvalue weighted by atomic mass is 10.1. The molecular formula is C13H19FN4S2. The summed E-state index contributed by atoms with van der Waals surface area (Å²) in [4.78, 5) is 0. The van der Waals surface area contributed by atoms with Crippen molar-refractivity contribution in [3.63, 3.8) is 0 Å². The van der Waals surface area contributed by atoms with Crippen molar-refractivity contribution in [1.29, 1.82) is 0 Å². The number of rotatable bonds is 4. The van der Waals surface area contributed by atoms with E-state index in [-0.39, 0.29) is 5.82 Å². The summed E-state index contributed by atoms with van der Waals surface area (Å²) in [5.41, 5.74) is 6.24. The number of nitrogens with one attached hydrogen (secondary N) is 4. The van der Waals surface area contributed by atoms with E-state index < -0.39 is 0 Å². The summed E-state index contributed by atoms with van der Waals surface area (Å²) >= 11 is 10.2. The first-order chi connectivity index (χ1) is 9.47. The number of hydrogen-bond donors (Lipinski definition) is 4. The van der Waals surface area contributed by atoms with Crippen LogP contribution in [-0.2, 0) is 0 Å². The maximum absolute atomic E-state index is 12.7. The molecule has 4 N–H and O–H groups in total. The molecule has 0 heterocycles. The van der Waals surface area contributed by atoms with Gasteiger partial charge in [-0.25, -0.2) is 4.39 Å². The second kappa shape index (κ2) is 8.65. The Kier molecular flexibility index (Phi) is 7.17. The molecule has 7 heteroatoms. The number of anilines is 1. The lowest BCUT2D eigenvalue weighted by molar-refractivity contribution is 0.575. The maximum atomic E-state index is 12.7. The summed E-state index contributed by atoms with van der Waals surface area (Å²) in [6, 6.07) is 5.91. The largest absolute Gasteiger partial charge is 0.361 e. The van der Waals surface area contributed by atoms with Crippen LogP contribution in [0.15, 0.2) is 24.3 Å². The summed E-state index contributed by atoms with van der Waals surface area (Å²) in [5.74, 6) is 0.336. The van der Waals surface area contributed by atoms with Crippen LogP contribution in [0.5, 0.6) is 0 Å². The number of thiocarbonyl (C=S) groups is 2. The summed E-state index contributed by atoms with van der Waals surface area (Å²) < 4.78 is 12.7. The van der Waals surface area contributed by atoms with Crippen LogP contribution in [-0.4, -0.2) is 16.8 Å². The Morgan fingerprint density at radius 1 is 1.10 bits per heavy atom. The molecule has 1 aromatic carbocycles. The molecule has 0 fully saturated rings. The maximum Gasteiger partial charge on any atom is 0.189 e. The van der Waals surface area contributed by atoms with Gasteiger partial charge in [-0.1, -0.05) is 13.8 Å². The van der Waals surface area contributed by atoms with Gasteiger partial charge >= 0.3 is 0 Å². The van der Waals surface area contributed by atoms with Gasteiger partial charge in [0.05, 0.1) is 0 Å². The van der Waals surface area contributed by atoms with Crippen molar-refractivity contribution >= 4 is 40.3 Å². The Balaban J connectivity index is 2.22. The Hall–Kier alpha value is -1.47. The Bertz CT molecular complexity index is 448. The third-order valence-corrected chi connectivity index (χ3v) is 2.85. The summed E-state index contributed by atoms with van der Waals surface area (Å²) in [6.07, 6.45) is 1.04. The lowest BCUT2D eigenvalue weighted by Crippen LogP contribution is -2.48. The van der Waals surface area contributed by atoms with E-state index in [4.69, 9.17) is 24.4 Å². The molecule has 0 atom stereocenters. The van der Waals surface area contributed by atoms with Gasteiger partial charge in [0, 0.05) is 12.2 Å². The molecular weight excluding hydrogens is 295 g/mol. The zero-order valence-electron chi connectivity index (χ0n) is 11.5. The number of halogens is 1. The Labute approximate surface area is 129 Å². The van der Waals surface area contributed by atoms with Crippen molar-refractivity contribution in [3.05, 3.63) is 30.1 Å². The van der Waals surface area contributed by atoms with Crippen LogP contribution in [0.3, 0.4) is 0 Å². The van der Waals surface area contributed by atoms with Crippen molar-refractivity contribution in [1.82, 2.24) is 16.2 Å². The predicted octanol–water partition coefficient (Wildman–Crippen LogP) is 2.54. The molecule has 0 unspecified atom stereocenters. The van der Waals surface area contributed by atoms with Gasteiger partial charge in [0.1, 0.15) is 5.82 Å². The van der Waals surface area contributed by atoms with Gasteiger partial charge in [-0.2, -0.15) is 0 Å². The zero-order valence-corrected chi connectivity index (χ0v) is 13.1. The fraction of sp³-hybridized carbons (Fsp3) is 0.385. The first-order valence-corrected chi connectivity index (χ1v) is 7.15. The van der Waals surface area contributed by atoms with Crippen LogP contribution in [0.25, 0.3) is 0 Å². The van der Waals surface area contributed by atoms with Crippen molar-refractivity contribution in [2.24, 2.45) is 5.92 Å². The molecule has 0 aliphatic carbocycles. The number of hydrazine groups is 1. The Morgan fingerprint density at radius 2 is 1.70 bits per heavy atom. The molecule has 1 aromatic rings. The van der Waals surface area contributed by atoms with E-state index in [1.54, 1.807) is 12.1 Å². The van der Waals surface area contributed by atoms with Crippen molar-refractivity contribution < 1.29 is 4.39 Å². The van der Waals surface area contributed by atoms with Crippen LogP contribution in [0.4, 0.5) is 10.1 Å². The monoisotopic (exact) mass is 314 g/mol. The highest BCUT2D eigenvalue weighted by Crippen LogP contribution is 2.07. The van der Waals surface area contributed by atoms with Gasteiger partial charge < -0.3 is 10.6 Å². The van der Waals surface area contributed by atoms with Gasteiger partial charge in [-0.15, -0.1) is 0 Å². The molecule has 0 bridgehead atoms. The van der Waals surface area contributed by atoms with Crippen LogP contribution >= 0.6 is 24.4 Å². The molecule has 4 nitrogen and oxygen atoms in total. The molecule has 0 spiro atoms. The summed E-state index contributed by atoms with van der Waals surface area (Å²) in [7, 11) is 0. The number of hydrogen-bond acceptors (Lipinski definition) is 2. The predicted molar refractivity (Wildman–Crippen MR) is 88.9 cm³/mol. The summed E-state index contributed by atoms with van der Waals surface area (Å²) in [6.45, 7) is 5.11. The van der Waals surface area contributed by atoms with E-state index in [1.807, 2.05) is 0 Å². The highest BCUT2D eigenvalue weighted by molar-refractivity contribution is 7.80. The average Bonchev–Trinajstić information content (AvgIpc) is 2.39. The zero-order chi connectivity index (χ0) is 15.0. The second-order valence-corrected chi connectivity index (χ2v) is 5.47. The molecule has 20 heavy (non-hydrogen) atoms. The average molecular weight is 314 g/mol. The lowest BCUT2D eigenvalue weighted by Gasteiger charge is -2.14. The smallest absolute Gasteiger partial charge is 0.189 e. The van der Waals surface area contributed by atoms with Crippen LogP contribution in [0.1, 0.15) is 20.3 Å². The minimum atomic E-state index is -0.289. The normalized spacial score (nSPS) is 10.0. The first kappa shape index (κ1) is 16.6. The van der Waals surface area contributed by atoms with Crippen LogP contribution in [0.2, 0.25) is 0 Å². The molecule has 0 aliphatic rings. The van der Waals surface area contributed by atoms with Gasteiger partial charge in [-0.05, 0) is 61.0 Å². The third kappa shape index (κ3) is 7.20. The van der Waals surface area contributed by atoms with E-state index in [2.05, 4.69) is 35.3 Å². The van der Waals surface area contributed by atoms with Gasteiger partial charge in [0.2, 0.25) is 0 Å². The highest BCUT2D eigenvalue weighted by Gasteiger charge is 2.00. The van der Waals surface area contributed by atoms with Crippen LogP contribution < -0.4 is 21.5 Å². The van der Waals surface area contributed by atoms with Crippen molar-refractivity contribution in [2.45, 2.75) is 20.3 Å². The Morgan fingerprint density at radius 3 is 2.30 bits per heavy atom. The van der Waals surface area contributed by atoms with E-state index in [0.717, 1.165) is 13.0 Å². The first-order valence-electron chi connectivity index (χ1n) is 6.34. The van der Waals surface area contributed by atoms with E-state index in [9.17, 15) is 4.39 Å². The highest BCUT2D eigenvalue weighted by atomic mass is 32.1. The van der Waals surface area contributed by atoms with Gasteiger partial charge in [0.15, 0.2) is 10.2 Å². The van der Waals surface area contributed by atoms with E-state index in [0.29, 0.717) is 21.8 Å². The fourth-order valence-electron chi connectivity index (χ4n) is 1.33. The molecule has 0 saturated heterocycles. The molecule has 0 radical (unpaired) electrons. The fourth-order valence-corrected chi connectivity index (χ4v) is 1.65. The van der Waals surface area contributed by atoms with Gasteiger partial charge in [-0.3, -0.25) is 10.9 Å². The van der Waals surface area contributed by atoms with E-state index in [1.165, 1.54) is 12.1 Å². The molecule has 1 rings (SSSR count). The quantitative estimate of drug-likeness (QED) is 0.506. The molecule has 0 aliphatic heterocycles. The van der Waals surface area contributed by atoms with Crippen molar-refractivity contribution in [3.8, 4) is 0 Å². The minimum absolute atomic E-state index is 0.289. The van der Waals surface area contributed by atoms with Gasteiger partial charge in [0.25, 0.3) is 0 Å². The van der Waals surface area contributed by atoms with Crippen molar-refractivity contribution in [2.75, 3.05) is 11.9 Å². The SMILES string of the molecule is CC(C)CCNC(=S)NNC(=S)Nc1ccc(F)cc1. The standard InChI is InChI=1S/C13H19FN4S2/c1-9(2)7-8-15-12(19)17-18-13(20)16-11-5-3-10(14)4-6-11/h3-6,9H,7-8H2,1-2H3,(H2,15,17,19)(H2,16,18,20).